The van der Waals surface area contributed by atoms with E-state index in [1.807, 2.05) is 25.2 Å². The van der Waals surface area contributed by atoms with Gasteiger partial charge in [0, 0.05) is 30.7 Å². The molecule has 2 fully saturated rings. The van der Waals surface area contributed by atoms with Crippen LogP contribution in [-0.4, -0.2) is 38.1 Å². The summed E-state index contributed by atoms with van der Waals surface area (Å²) in [4.78, 5) is 15.0. The molecule has 2 aliphatic rings. The maximum Gasteiger partial charge on any atom is 0.237 e. The van der Waals surface area contributed by atoms with E-state index in [0.29, 0.717) is 23.3 Å². The van der Waals surface area contributed by atoms with Crippen molar-refractivity contribution in [3.05, 3.63) is 29.8 Å². The summed E-state index contributed by atoms with van der Waals surface area (Å²) in [6.45, 7) is 6.27. The summed E-state index contributed by atoms with van der Waals surface area (Å²) in [7, 11) is 1.86. The van der Waals surface area contributed by atoms with Crippen LogP contribution in [0.1, 0.15) is 38.7 Å². The predicted octanol–water partition coefficient (Wildman–Crippen LogP) is 2.52. The Morgan fingerprint density at radius 1 is 1.35 bits per heavy atom. The third-order valence-electron chi connectivity index (χ3n) is 5.90. The molecule has 1 aliphatic heterocycles. The molecular weight excluding hydrogens is 324 g/mol. The van der Waals surface area contributed by atoms with Gasteiger partial charge in [0.15, 0.2) is 0 Å². The highest BCUT2D eigenvalue weighted by molar-refractivity contribution is 5.82. The molecule has 5 heteroatoms. The van der Waals surface area contributed by atoms with Crippen molar-refractivity contribution in [2.24, 2.45) is 17.8 Å². The summed E-state index contributed by atoms with van der Waals surface area (Å²) >= 11 is 0. The first-order chi connectivity index (χ1) is 12.5. The van der Waals surface area contributed by atoms with E-state index in [4.69, 9.17) is 5.26 Å². The fourth-order valence-electron chi connectivity index (χ4n) is 4.54. The first kappa shape index (κ1) is 18.7. The number of benzene rings is 1. The smallest absolute Gasteiger partial charge is 0.237 e. The molecule has 0 bridgehead atoms. The number of nitrogens with zero attached hydrogens (tertiary/aromatic N) is 2. The average Bonchev–Trinajstić information content (AvgIpc) is 3.21. The van der Waals surface area contributed by atoms with Crippen molar-refractivity contribution in [1.29, 1.82) is 5.26 Å². The van der Waals surface area contributed by atoms with Gasteiger partial charge in [0.25, 0.3) is 0 Å². The van der Waals surface area contributed by atoms with Crippen molar-refractivity contribution < 1.29 is 4.79 Å². The zero-order valence-corrected chi connectivity index (χ0v) is 16.0. The van der Waals surface area contributed by atoms with Gasteiger partial charge in [-0.1, -0.05) is 19.9 Å². The molecule has 1 saturated carbocycles. The van der Waals surface area contributed by atoms with Gasteiger partial charge in [-0.25, -0.2) is 0 Å². The number of amides is 1. The van der Waals surface area contributed by atoms with Crippen LogP contribution in [0.4, 0.5) is 5.69 Å². The SMILES string of the molecule is CN[C@@H](CC(C)C)C(=O)N[C@H]1CC[C@@H]2CN(c3cccc(C#N)c3)C[C@@H]21. The minimum atomic E-state index is -0.112. The average molecular weight is 354 g/mol. The Balaban J connectivity index is 1.63. The lowest BCUT2D eigenvalue weighted by atomic mass is 9.97. The molecule has 140 valence electrons. The molecule has 3 rings (SSSR count). The van der Waals surface area contributed by atoms with Gasteiger partial charge in [0.05, 0.1) is 17.7 Å². The fraction of sp³-hybridized carbons (Fsp3) is 0.619. The van der Waals surface area contributed by atoms with Crippen LogP contribution in [0.25, 0.3) is 0 Å². The van der Waals surface area contributed by atoms with Crippen LogP contribution in [0.5, 0.6) is 0 Å². The number of hydrogen-bond donors (Lipinski definition) is 2. The highest BCUT2D eigenvalue weighted by atomic mass is 16.2. The Labute approximate surface area is 156 Å². The van der Waals surface area contributed by atoms with Crippen LogP contribution in [0.3, 0.4) is 0 Å². The van der Waals surface area contributed by atoms with E-state index in [0.717, 1.165) is 31.6 Å². The first-order valence-corrected chi connectivity index (χ1v) is 9.74. The van der Waals surface area contributed by atoms with Gasteiger partial charge in [-0.3, -0.25) is 4.79 Å². The minimum Gasteiger partial charge on any atom is -0.371 e. The van der Waals surface area contributed by atoms with Crippen LogP contribution >= 0.6 is 0 Å². The maximum absolute atomic E-state index is 12.7. The van der Waals surface area contributed by atoms with E-state index < -0.39 is 0 Å². The van der Waals surface area contributed by atoms with Crippen LogP contribution < -0.4 is 15.5 Å². The number of hydrogen-bond acceptors (Lipinski definition) is 4. The van der Waals surface area contributed by atoms with Crippen LogP contribution in [0.15, 0.2) is 24.3 Å². The predicted molar refractivity (Wildman–Crippen MR) is 104 cm³/mol. The molecule has 1 aliphatic carbocycles. The monoisotopic (exact) mass is 354 g/mol. The molecule has 0 aromatic heterocycles. The Hall–Kier alpha value is -2.06. The number of carbonyl (C=O) groups excluding carboxylic acids is 1. The van der Waals surface area contributed by atoms with Crippen molar-refractivity contribution >= 4 is 11.6 Å². The molecule has 4 atom stereocenters. The zero-order valence-electron chi connectivity index (χ0n) is 16.0. The Morgan fingerprint density at radius 3 is 2.85 bits per heavy atom. The lowest BCUT2D eigenvalue weighted by Crippen LogP contribution is -2.49. The van der Waals surface area contributed by atoms with Crippen molar-refractivity contribution in [2.45, 2.75) is 45.2 Å². The number of nitriles is 1. The largest absolute Gasteiger partial charge is 0.371 e. The molecule has 5 nitrogen and oxygen atoms in total. The number of nitrogens with one attached hydrogen (secondary N) is 2. The van der Waals surface area contributed by atoms with Crippen molar-refractivity contribution in [2.75, 3.05) is 25.0 Å². The molecule has 0 radical (unpaired) electrons. The molecule has 0 unspecified atom stereocenters. The molecule has 1 heterocycles. The standard InChI is InChI=1S/C21H30N4O/c1-14(2)9-20(23-3)21(26)24-19-8-7-16-12-25(13-18(16)19)17-6-4-5-15(10-17)11-22/h4-6,10,14,16,18-20,23H,7-9,12-13H2,1-3H3,(H,24,26)/t16-,18+,19+,20+/m1/s1. The van der Waals surface area contributed by atoms with Crippen LogP contribution in [-0.2, 0) is 4.79 Å². The lowest BCUT2D eigenvalue weighted by Gasteiger charge is -2.25. The third kappa shape index (κ3) is 4.02. The number of likely N-dealkylation sites (N-methyl/N-ethyl adjacent to an activating group) is 1. The van der Waals surface area contributed by atoms with Crippen molar-refractivity contribution in [3.8, 4) is 6.07 Å². The third-order valence-corrected chi connectivity index (χ3v) is 5.90. The van der Waals surface area contributed by atoms with E-state index >= 15 is 0 Å². The molecule has 1 amide bonds. The number of anilines is 1. The summed E-state index contributed by atoms with van der Waals surface area (Å²) < 4.78 is 0. The Morgan fingerprint density at radius 2 is 2.15 bits per heavy atom. The van der Waals surface area contributed by atoms with Crippen LogP contribution in [0, 0.1) is 29.1 Å². The summed E-state index contributed by atoms with van der Waals surface area (Å²) in [6, 6.07) is 10.2. The molecular formula is C21H30N4O. The van der Waals surface area contributed by atoms with E-state index in [1.54, 1.807) is 0 Å². The zero-order chi connectivity index (χ0) is 18.7. The molecule has 2 N–H and O–H groups in total. The summed E-state index contributed by atoms with van der Waals surface area (Å²) in [5, 5.41) is 15.6. The minimum absolute atomic E-state index is 0.112. The fourth-order valence-corrected chi connectivity index (χ4v) is 4.54. The number of carbonyl (C=O) groups is 1. The Bertz CT molecular complexity index is 681. The van der Waals surface area contributed by atoms with Crippen LogP contribution in [0.2, 0.25) is 0 Å². The molecule has 0 spiro atoms. The second-order valence-electron chi connectivity index (χ2n) is 8.15. The first-order valence-electron chi connectivity index (χ1n) is 9.74. The summed E-state index contributed by atoms with van der Waals surface area (Å²) in [6.07, 6.45) is 3.10. The second-order valence-corrected chi connectivity index (χ2v) is 8.15. The number of fused-ring (bicyclic) bond motifs is 1. The highest BCUT2D eigenvalue weighted by Crippen LogP contribution is 2.40. The van der Waals surface area contributed by atoms with Gasteiger partial charge >= 0.3 is 0 Å². The van der Waals surface area contributed by atoms with E-state index in [-0.39, 0.29) is 18.0 Å². The van der Waals surface area contributed by atoms with Gasteiger partial charge < -0.3 is 15.5 Å². The number of rotatable bonds is 6. The van der Waals surface area contributed by atoms with Gasteiger partial charge in [-0.05, 0) is 56.3 Å². The Kier molecular flexibility index (Phi) is 5.83. The molecule has 1 saturated heterocycles. The summed E-state index contributed by atoms with van der Waals surface area (Å²) in [5.74, 6) is 1.76. The van der Waals surface area contributed by atoms with Crippen molar-refractivity contribution in [3.63, 3.8) is 0 Å². The maximum atomic E-state index is 12.7. The van der Waals surface area contributed by atoms with Crippen molar-refractivity contribution in [1.82, 2.24) is 10.6 Å². The molecule has 26 heavy (non-hydrogen) atoms. The van der Waals surface area contributed by atoms with E-state index in [1.165, 1.54) is 6.42 Å². The van der Waals surface area contributed by atoms with E-state index in [2.05, 4.69) is 41.5 Å². The molecule has 1 aromatic carbocycles. The molecule has 1 aromatic rings. The topological polar surface area (TPSA) is 68.2 Å². The van der Waals surface area contributed by atoms with Gasteiger partial charge in [0.2, 0.25) is 5.91 Å². The van der Waals surface area contributed by atoms with E-state index in [9.17, 15) is 4.79 Å². The second kappa shape index (κ2) is 8.09. The normalized spacial score (nSPS) is 25.8. The van der Waals surface area contributed by atoms with Gasteiger partial charge in [-0.2, -0.15) is 5.26 Å². The highest BCUT2D eigenvalue weighted by Gasteiger charge is 2.43. The lowest BCUT2D eigenvalue weighted by molar-refractivity contribution is -0.124. The summed E-state index contributed by atoms with van der Waals surface area (Å²) in [5.41, 5.74) is 1.83. The van der Waals surface area contributed by atoms with Gasteiger partial charge in [-0.15, -0.1) is 0 Å². The quantitative estimate of drug-likeness (QED) is 0.824. The van der Waals surface area contributed by atoms with Gasteiger partial charge in [0.1, 0.15) is 0 Å².